The van der Waals surface area contributed by atoms with Crippen LogP contribution in [0.3, 0.4) is 0 Å². The summed E-state index contributed by atoms with van der Waals surface area (Å²) >= 11 is 1.39. The zero-order valence-electron chi connectivity index (χ0n) is 20.4. The van der Waals surface area contributed by atoms with Gasteiger partial charge in [0.05, 0.1) is 42.0 Å². The summed E-state index contributed by atoms with van der Waals surface area (Å²) in [5.74, 6) is 0.449. The topological polar surface area (TPSA) is 90.0 Å². The lowest BCUT2D eigenvalue weighted by Crippen LogP contribution is -2.50. The molecule has 2 atom stereocenters. The molecule has 1 amide bonds. The van der Waals surface area contributed by atoms with E-state index in [1.54, 1.807) is 31.2 Å². The molecule has 1 N–H and O–H groups in total. The molecule has 0 aliphatic carbocycles. The Labute approximate surface area is 209 Å². The van der Waals surface area contributed by atoms with Crippen LogP contribution in [-0.2, 0) is 14.3 Å². The molecule has 0 bridgehead atoms. The summed E-state index contributed by atoms with van der Waals surface area (Å²) in [6.45, 7) is 7.68. The van der Waals surface area contributed by atoms with Gasteiger partial charge in [-0.15, -0.1) is 0 Å². The van der Waals surface area contributed by atoms with Gasteiger partial charge in [-0.2, -0.15) is 0 Å². The van der Waals surface area contributed by atoms with E-state index in [0.29, 0.717) is 33.4 Å². The predicted molar refractivity (Wildman–Crippen MR) is 134 cm³/mol. The van der Waals surface area contributed by atoms with Gasteiger partial charge in [0.25, 0.3) is 5.91 Å². The highest BCUT2D eigenvalue weighted by molar-refractivity contribution is 8.05. The molecule has 8 nitrogen and oxygen atoms in total. The second-order valence-corrected chi connectivity index (χ2v) is 9.45. The Morgan fingerprint density at radius 2 is 2.06 bits per heavy atom. The Hall–Kier alpha value is -3.46. The molecule has 1 fully saturated rings. The van der Waals surface area contributed by atoms with Crippen LogP contribution in [0.5, 0.6) is 11.5 Å². The molecule has 0 radical (unpaired) electrons. The molecule has 0 unspecified atom stereocenters. The van der Waals surface area contributed by atoms with Crippen LogP contribution in [0.15, 0.2) is 58.8 Å². The van der Waals surface area contributed by atoms with Crippen molar-refractivity contribution in [3.05, 3.63) is 70.0 Å². The predicted octanol–water partition coefficient (Wildman–Crippen LogP) is 4.26. The molecule has 1 aromatic carbocycles. The fourth-order valence-corrected chi connectivity index (χ4v) is 5.32. The lowest BCUT2D eigenvalue weighted by Gasteiger charge is -2.39. The molecular formula is C26H29N3O5S. The van der Waals surface area contributed by atoms with Gasteiger partial charge in [-0.25, -0.2) is 4.79 Å². The van der Waals surface area contributed by atoms with Crippen LogP contribution in [0.2, 0.25) is 0 Å². The number of rotatable bonds is 7. The third kappa shape index (κ3) is 5.00. The van der Waals surface area contributed by atoms with Crippen molar-refractivity contribution in [2.75, 3.05) is 13.7 Å². The van der Waals surface area contributed by atoms with E-state index in [0.717, 1.165) is 5.56 Å². The van der Waals surface area contributed by atoms with Gasteiger partial charge < -0.3 is 19.5 Å². The molecule has 2 aromatic rings. The van der Waals surface area contributed by atoms with Gasteiger partial charge >= 0.3 is 5.97 Å². The minimum Gasteiger partial charge on any atom is -0.493 e. The van der Waals surface area contributed by atoms with Gasteiger partial charge in [0.1, 0.15) is 0 Å². The van der Waals surface area contributed by atoms with E-state index in [-0.39, 0.29) is 18.6 Å². The van der Waals surface area contributed by atoms with Crippen LogP contribution < -0.4 is 14.8 Å². The molecule has 1 aromatic heterocycles. The maximum Gasteiger partial charge on any atom is 0.338 e. The van der Waals surface area contributed by atoms with E-state index >= 15 is 0 Å². The second-order valence-electron chi connectivity index (χ2n) is 8.33. The first-order chi connectivity index (χ1) is 16.8. The molecule has 3 heterocycles. The first-order valence-electron chi connectivity index (χ1n) is 11.4. The number of methoxy groups -OCH3 is 1. The van der Waals surface area contributed by atoms with Gasteiger partial charge in [-0.05, 0) is 63.6 Å². The zero-order valence-corrected chi connectivity index (χ0v) is 21.2. The normalized spacial score (nSPS) is 20.7. The number of allylic oxidation sites excluding steroid dienone is 1. The van der Waals surface area contributed by atoms with Crippen molar-refractivity contribution in [1.82, 2.24) is 15.2 Å². The summed E-state index contributed by atoms with van der Waals surface area (Å²) in [5.41, 5.74) is 2.07. The molecule has 2 aliphatic rings. The third-order valence-corrected chi connectivity index (χ3v) is 6.67. The van der Waals surface area contributed by atoms with Gasteiger partial charge in [-0.3, -0.25) is 14.7 Å². The largest absolute Gasteiger partial charge is 0.493 e. The molecule has 2 aliphatic heterocycles. The first-order valence-corrected chi connectivity index (χ1v) is 12.3. The van der Waals surface area contributed by atoms with Crippen LogP contribution in [0.1, 0.15) is 45.0 Å². The van der Waals surface area contributed by atoms with E-state index in [1.165, 1.54) is 11.8 Å². The molecule has 4 rings (SSSR count). The van der Waals surface area contributed by atoms with Crippen LogP contribution in [-0.4, -0.2) is 47.1 Å². The first kappa shape index (κ1) is 24.7. The maximum absolute atomic E-state index is 13.7. The summed E-state index contributed by atoms with van der Waals surface area (Å²) in [4.78, 5) is 33.3. The quantitative estimate of drug-likeness (QED) is 0.450. The van der Waals surface area contributed by atoms with Crippen molar-refractivity contribution in [1.29, 1.82) is 0 Å². The molecule has 0 saturated carbocycles. The smallest absolute Gasteiger partial charge is 0.338 e. The summed E-state index contributed by atoms with van der Waals surface area (Å²) < 4.78 is 16.8. The van der Waals surface area contributed by atoms with E-state index in [4.69, 9.17) is 14.2 Å². The van der Waals surface area contributed by atoms with E-state index in [9.17, 15) is 9.59 Å². The maximum atomic E-state index is 13.7. The van der Waals surface area contributed by atoms with Crippen LogP contribution in [0, 0.1) is 0 Å². The summed E-state index contributed by atoms with van der Waals surface area (Å²) in [7, 11) is 1.56. The van der Waals surface area contributed by atoms with Crippen molar-refractivity contribution in [3.63, 3.8) is 0 Å². The number of hydrogen-bond acceptors (Lipinski definition) is 8. The fourth-order valence-electron chi connectivity index (χ4n) is 4.12. The van der Waals surface area contributed by atoms with Gasteiger partial charge in [0.2, 0.25) is 0 Å². The van der Waals surface area contributed by atoms with Crippen LogP contribution >= 0.6 is 11.8 Å². The summed E-state index contributed by atoms with van der Waals surface area (Å²) in [5, 5.41) is 3.31. The van der Waals surface area contributed by atoms with Gasteiger partial charge in [-0.1, -0.05) is 23.9 Å². The highest BCUT2D eigenvalue weighted by Gasteiger charge is 2.48. The Balaban J connectivity index is 1.80. The Morgan fingerprint density at radius 1 is 1.26 bits per heavy atom. The van der Waals surface area contributed by atoms with Crippen molar-refractivity contribution in [2.24, 2.45) is 0 Å². The summed E-state index contributed by atoms with van der Waals surface area (Å²) in [6.07, 6.45) is 3.41. The average Bonchev–Trinajstić information content (AvgIpc) is 3.13. The van der Waals surface area contributed by atoms with Crippen molar-refractivity contribution < 1.29 is 23.8 Å². The van der Waals surface area contributed by atoms with Crippen molar-refractivity contribution in [3.8, 4) is 11.5 Å². The number of benzene rings is 1. The Morgan fingerprint density at radius 3 is 2.71 bits per heavy atom. The lowest BCUT2D eigenvalue weighted by atomic mass is 9.93. The van der Waals surface area contributed by atoms with Crippen LogP contribution in [0.25, 0.3) is 6.08 Å². The van der Waals surface area contributed by atoms with E-state index in [2.05, 4.69) is 10.3 Å². The monoisotopic (exact) mass is 495 g/mol. The number of esters is 1. The number of thioether (sulfide) groups is 1. The number of pyridine rings is 1. The average molecular weight is 496 g/mol. The Bertz CT molecular complexity index is 1180. The Kier molecular flexibility index (Phi) is 7.35. The highest BCUT2D eigenvalue weighted by Crippen LogP contribution is 2.47. The molecular weight excluding hydrogens is 466 g/mol. The number of carbonyl (C=O) groups is 2. The number of nitrogens with one attached hydrogen (secondary N) is 1. The zero-order chi connectivity index (χ0) is 25.1. The molecule has 35 heavy (non-hydrogen) atoms. The molecule has 1 saturated heterocycles. The number of fused-ring (bicyclic) bond motifs is 1. The number of nitrogens with zero attached hydrogens (tertiary/aromatic N) is 2. The molecule has 184 valence electrons. The molecule has 0 spiro atoms. The summed E-state index contributed by atoms with van der Waals surface area (Å²) in [6, 6.07) is 10.3. The third-order valence-electron chi connectivity index (χ3n) is 5.56. The van der Waals surface area contributed by atoms with E-state index in [1.807, 2.05) is 57.2 Å². The van der Waals surface area contributed by atoms with Crippen molar-refractivity contribution in [2.45, 2.75) is 45.3 Å². The number of carbonyl (C=O) groups excluding carboxylic acids is 2. The number of ether oxygens (including phenoxy) is 3. The second kappa shape index (κ2) is 10.4. The SMILES string of the molecule is CCOC(=O)C1=C(C)N[C@H]2S/C(=C\c3ccccn3)C(=O)N2[C@@H]1c1ccc(OC(C)C)c(OC)c1. The number of amides is 1. The van der Waals surface area contributed by atoms with Crippen LogP contribution in [0.4, 0.5) is 0 Å². The minimum atomic E-state index is -0.670. The van der Waals surface area contributed by atoms with Gasteiger partial charge in [0, 0.05) is 11.9 Å². The lowest BCUT2D eigenvalue weighted by molar-refractivity contribution is -0.140. The standard InChI is InChI=1S/C26H29N3O5S/c1-6-33-25(31)22-16(4)28-26-29(24(30)21(35-26)14-18-9-7-8-12-27-18)23(22)17-10-11-19(34-15(2)3)20(13-17)32-5/h7-15,23,26,28H,6H2,1-5H3/b21-14-/t23-,26-/m1/s1. The van der Waals surface area contributed by atoms with Crippen molar-refractivity contribution >= 4 is 29.7 Å². The molecule has 9 heteroatoms. The number of aromatic nitrogens is 1. The minimum absolute atomic E-state index is 0.0360. The van der Waals surface area contributed by atoms with E-state index < -0.39 is 17.5 Å². The fraction of sp³-hybridized carbons (Fsp3) is 0.346. The van der Waals surface area contributed by atoms with Gasteiger partial charge in [0.15, 0.2) is 17.0 Å². The number of hydrogen-bond donors (Lipinski definition) is 1. The highest BCUT2D eigenvalue weighted by atomic mass is 32.2.